The summed E-state index contributed by atoms with van der Waals surface area (Å²) in [4.78, 5) is 16.9. The molecule has 1 amide bonds. The lowest BCUT2D eigenvalue weighted by Crippen LogP contribution is -2.48. The number of hydrogen-bond donors (Lipinski definition) is 1. The Morgan fingerprint density at radius 2 is 1.90 bits per heavy atom. The third-order valence-corrected chi connectivity index (χ3v) is 7.87. The van der Waals surface area contributed by atoms with Crippen LogP contribution in [-0.4, -0.2) is 36.4 Å². The number of benzene rings is 1. The third-order valence-electron chi connectivity index (χ3n) is 4.23. The van der Waals surface area contributed by atoms with Crippen LogP contribution in [0.2, 0.25) is 5.02 Å². The van der Waals surface area contributed by atoms with E-state index in [4.69, 9.17) is 11.6 Å². The van der Waals surface area contributed by atoms with E-state index in [2.05, 4.69) is 10.3 Å². The molecule has 2 aromatic rings. The van der Waals surface area contributed by atoms with Gasteiger partial charge in [0.15, 0.2) is 9.77 Å². The van der Waals surface area contributed by atoms with Gasteiger partial charge < -0.3 is 5.32 Å². The number of carbonyl (C=O) groups excluding carboxylic acids is 1. The highest BCUT2D eigenvalue weighted by atomic mass is 35.5. The van der Waals surface area contributed by atoms with Crippen molar-refractivity contribution in [1.82, 2.24) is 10.3 Å². The van der Waals surface area contributed by atoms with Gasteiger partial charge in [0.05, 0.1) is 5.56 Å². The highest BCUT2D eigenvalue weighted by molar-refractivity contribution is 7.99. The number of nitrogens with zero attached hydrogens (tertiary/aromatic N) is 1. The molecule has 11 heteroatoms. The van der Waals surface area contributed by atoms with Gasteiger partial charge in [0.25, 0.3) is 0 Å². The normalized spacial score (nSPS) is 12.6. The first kappa shape index (κ1) is 24.5. The Labute approximate surface area is 182 Å². The molecule has 0 fully saturated rings. The quantitative estimate of drug-likeness (QED) is 0.441. The van der Waals surface area contributed by atoms with Gasteiger partial charge in [0, 0.05) is 22.7 Å². The Kier molecular flexibility index (Phi) is 7.81. The first-order valence-corrected chi connectivity index (χ1v) is 11.6. The van der Waals surface area contributed by atoms with E-state index in [0.717, 1.165) is 11.0 Å². The lowest BCUT2D eigenvalue weighted by atomic mass is 10.2. The topological polar surface area (TPSA) is 76.1 Å². The Morgan fingerprint density at radius 1 is 1.20 bits per heavy atom. The lowest BCUT2D eigenvalue weighted by molar-refractivity contribution is -0.137. The van der Waals surface area contributed by atoms with Crippen molar-refractivity contribution < 1.29 is 26.4 Å². The molecule has 1 aromatic heterocycles. The number of alkyl halides is 3. The zero-order chi connectivity index (χ0) is 22.6. The van der Waals surface area contributed by atoms with Crippen molar-refractivity contribution in [2.75, 3.05) is 12.3 Å². The standard InChI is InChI=1S/C19H20ClF3N2O3S2/c1-18(2,30(27,28)16-8-7-13(12-25-16)19(21,22)23)17(26)24-9-4-10-29-15-6-3-5-14(20)11-15/h3,5-8,11-12H,4,9-10H2,1-2H3,(H,24,26). The maximum atomic E-state index is 12.7. The molecule has 0 spiro atoms. The van der Waals surface area contributed by atoms with Gasteiger partial charge in [-0.1, -0.05) is 17.7 Å². The fourth-order valence-electron chi connectivity index (χ4n) is 2.32. The molecule has 30 heavy (non-hydrogen) atoms. The van der Waals surface area contributed by atoms with Gasteiger partial charge in [-0.15, -0.1) is 11.8 Å². The fourth-order valence-corrected chi connectivity index (χ4v) is 4.77. The molecule has 1 heterocycles. The molecule has 0 atom stereocenters. The SMILES string of the molecule is CC(C)(C(=O)NCCCSc1cccc(Cl)c1)S(=O)(=O)c1ccc(C(F)(F)F)cn1. The summed E-state index contributed by atoms with van der Waals surface area (Å²) in [5.74, 6) is -0.0780. The number of nitrogens with one attached hydrogen (secondary N) is 1. The van der Waals surface area contributed by atoms with Crippen LogP contribution in [0.25, 0.3) is 0 Å². The molecular formula is C19H20ClF3N2O3S2. The number of amides is 1. The minimum absolute atomic E-state index is 0.242. The maximum Gasteiger partial charge on any atom is 0.417 e. The largest absolute Gasteiger partial charge is 0.417 e. The molecule has 0 bridgehead atoms. The number of aromatic nitrogens is 1. The summed E-state index contributed by atoms with van der Waals surface area (Å²) in [6, 6.07) is 8.70. The number of rotatable bonds is 8. The minimum Gasteiger partial charge on any atom is -0.355 e. The molecule has 2 rings (SSSR count). The van der Waals surface area contributed by atoms with Gasteiger partial charge in [0.2, 0.25) is 15.7 Å². The minimum atomic E-state index is -4.63. The molecule has 0 radical (unpaired) electrons. The number of sulfone groups is 1. The molecule has 0 aliphatic carbocycles. The molecule has 0 aliphatic heterocycles. The van der Waals surface area contributed by atoms with Crippen molar-refractivity contribution in [3.63, 3.8) is 0 Å². The van der Waals surface area contributed by atoms with E-state index in [1.54, 1.807) is 17.8 Å². The van der Waals surface area contributed by atoms with Gasteiger partial charge in [-0.25, -0.2) is 13.4 Å². The summed E-state index contributed by atoms with van der Waals surface area (Å²) >= 11 is 7.46. The first-order valence-electron chi connectivity index (χ1n) is 8.80. The zero-order valence-corrected chi connectivity index (χ0v) is 18.6. The highest BCUT2D eigenvalue weighted by Crippen LogP contribution is 2.30. The summed E-state index contributed by atoms with van der Waals surface area (Å²) < 4.78 is 61.5. The van der Waals surface area contributed by atoms with Gasteiger partial charge in [-0.3, -0.25) is 4.79 Å². The van der Waals surface area contributed by atoms with E-state index < -0.39 is 37.3 Å². The average molecular weight is 481 g/mol. The number of thioether (sulfide) groups is 1. The predicted molar refractivity (Wildman–Crippen MR) is 110 cm³/mol. The molecule has 1 N–H and O–H groups in total. The molecule has 5 nitrogen and oxygen atoms in total. The maximum absolute atomic E-state index is 12.7. The molecule has 0 unspecified atom stereocenters. The van der Waals surface area contributed by atoms with Crippen molar-refractivity contribution in [3.05, 3.63) is 53.2 Å². The van der Waals surface area contributed by atoms with E-state index in [0.29, 0.717) is 29.5 Å². The van der Waals surface area contributed by atoms with Crippen LogP contribution in [0.15, 0.2) is 52.5 Å². The third kappa shape index (κ3) is 5.89. The zero-order valence-electron chi connectivity index (χ0n) is 16.2. The molecule has 0 aliphatic rings. The summed E-state index contributed by atoms with van der Waals surface area (Å²) in [6.07, 6.45) is -3.61. The van der Waals surface area contributed by atoms with Crippen molar-refractivity contribution in [2.24, 2.45) is 0 Å². The van der Waals surface area contributed by atoms with Crippen LogP contribution in [0, 0.1) is 0 Å². The van der Waals surface area contributed by atoms with Crippen molar-refractivity contribution >= 4 is 39.1 Å². The number of halogens is 4. The number of hydrogen-bond acceptors (Lipinski definition) is 5. The van der Waals surface area contributed by atoms with Crippen LogP contribution in [0.3, 0.4) is 0 Å². The smallest absolute Gasteiger partial charge is 0.355 e. The van der Waals surface area contributed by atoms with Gasteiger partial charge in [-0.05, 0) is 56.4 Å². The van der Waals surface area contributed by atoms with Crippen LogP contribution in [0.4, 0.5) is 13.2 Å². The van der Waals surface area contributed by atoms with E-state index in [1.807, 2.05) is 18.2 Å². The monoisotopic (exact) mass is 480 g/mol. The van der Waals surface area contributed by atoms with Gasteiger partial charge in [-0.2, -0.15) is 13.2 Å². The molecule has 1 aromatic carbocycles. The Morgan fingerprint density at radius 3 is 2.47 bits per heavy atom. The van der Waals surface area contributed by atoms with Crippen LogP contribution in [-0.2, 0) is 20.8 Å². The summed E-state index contributed by atoms with van der Waals surface area (Å²) in [7, 11) is -4.30. The molecule has 0 saturated carbocycles. The van der Waals surface area contributed by atoms with E-state index >= 15 is 0 Å². The van der Waals surface area contributed by atoms with Crippen LogP contribution < -0.4 is 5.32 Å². The predicted octanol–water partition coefficient (Wildman–Crippen LogP) is 4.60. The Bertz CT molecular complexity index is 995. The lowest BCUT2D eigenvalue weighted by Gasteiger charge is -2.23. The van der Waals surface area contributed by atoms with Crippen LogP contribution >= 0.6 is 23.4 Å². The summed E-state index contributed by atoms with van der Waals surface area (Å²) in [6.45, 7) is 2.63. The van der Waals surface area contributed by atoms with E-state index in [9.17, 15) is 26.4 Å². The van der Waals surface area contributed by atoms with Crippen LogP contribution in [0.5, 0.6) is 0 Å². The van der Waals surface area contributed by atoms with Crippen molar-refractivity contribution in [1.29, 1.82) is 0 Å². The summed E-state index contributed by atoms with van der Waals surface area (Å²) in [5.41, 5.74) is -1.07. The van der Waals surface area contributed by atoms with Crippen molar-refractivity contribution in [2.45, 2.75) is 41.1 Å². The van der Waals surface area contributed by atoms with Gasteiger partial charge in [0.1, 0.15) is 0 Å². The number of pyridine rings is 1. The van der Waals surface area contributed by atoms with Crippen molar-refractivity contribution in [3.8, 4) is 0 Å². The molecule has 0 saturated heterocycles. The first-order chi connectivity index (χ1) is 13.9. The molecular weight excluding hydrogens is 461 g/mol. The average Bonchev–Trinajstić information content (AvgIpc) is 2.67. The molecule has 164 valence electrons. The highest BCUT2D eigenvalue weighted by Gasteiger charge is 2.44. The van der Waals surface area contributed by atoms with E-state index in [-0.39, 0.29) is 6.54 Å². The fraction of sp³-hybridized carbons (Fsp3) is 0.368. The second-order valence-electron chi connectivity index (χ2n) is 6.81. The number of carbonyl (C=O) groups is 1. The van der Waals surface area contributed by atoms with Gasteiger partial charge >= 0.3 is 6.18 Å². The Balaban J connectivity index is 1.95. The Hall–Kier alpha value is -1.78. The van der Waals surface area contributed by atoms with Crippen LogP contribution in [0.1, 0.15) is 25.8 Å². The second kappa shape index (κ2) is 9.57. The summed E-state index contributed by atoms with van der Waals surface area (Å²) in [5, 5.41) is 2.60. The van der Waals surface area contributed by atoms with E-state index in [1.165, 1.54) is 13.8 Å². The second-order valence-corrected chi connectivity index (χ2v) is 10.9.